The third kappa shape index (κ3) is 4.03. The first-order valence-electron chi connectivity index (χ1n) is 9.13. The van der Waals surface area contributed by atoms with Gasteiger partial charge >= 0.3 is 0 Å². The van der Waals surface area contributed by atoms with Crippen LogP contribution in [-0.2, 0) is 0 Å². The van der Waals surface area contributed by atoms with E-state index in [0.29, 0.717) is 21.4 Å². The van der Waals surface area contributed by atoms with Crippen molar-refractivity contribution in [1.82, 2.24) is 9.55 Å². The number of hydrogen-bond donors (Lipinski definition) is 0. The Morgan fingerprint density at radius 2 is 1.77 bits per heavy atom. The molecule has 4 rings (SSSR count). The smallest absolute Gasteiger partial charge is 0.263 e. The van der Waals surface area contributed by atoms with Gasteiger partial charge in [-0.25, -0.2) is 4.98 Å². The van der Waals surface area contributed by atoms with Gasteiger partial charge in [-0.15, -0.1) is 0 Å². The summed E-state index contributed by atoms with van der Waals surface area (Å²) in [5.74, 6) is 0.208. The summed E-state index contributed by atoms with van der Waals surface area (Å²) >= 11 is 12.3. The maximum atomic E-state index is 13.4. The van der Waals surface area contributed by atoms with Gasteiger partial charge in [0.25, 0.3) is 5.91 Å². The van der Waals surface area contributed by atoms with Gasteiger partial charge in [0.05, 0.1) is 16.4 Å². The zero-order chi connectivity index (χ0) is 21.1. The number of ether oxygens (including phenoxy) is 1. The molecule has 4 aromatic rings. The molecule has 0 saturated carbocycles. The van der Waals surface area contributed by atoms with E-state index in [1.807, 2.05) is 53.4 Å². The summed E-state index contributed by atoms with van der Waals surface area (Å²) in [7, 11) is 1.72. The lowest BCUT2D eigenvalue weighted by atomic mass is 10.2. The van der Waals surface area contributed by atoms with Gasteiger partial charge in [-0.05, 0) is 48.5 Å². The third-order valence-corrected chi connectivity index (χ3v) is 5.08. The van der Waals surface area contributed by atoms with Crippen LogP contribution in [0.1, 0.15) is 10.4 Å². The van der Waals surface area contributed by atoms with E-state index in [4.69, 9.17) is 27.9 Å². The Kier molecular flexibility index (Phi) is 5.74. The predicted molar refractivity (Wildman–Crippen MR) is 119 cm³/mol. The Labute approximate surface area is 184 Å². The van der Waals surface area contributed by atoms with Crippen molar-refractivity contribution in [2.45, 2.75) is 0 Å². The maximum Gasteiger partial charge on any atom is 0.263 e. The number of amides is 1. The average Bonchev–Trinajstić information content (AvgIpc) is 3.30. The molecule has 0 fully saturated rings. The highest BCUT2D eigenvalue weighted by atomic mass is 35.5. The lowest BCUT2D eigenvalue weighted by molar-refractivity contribution is 0.0990. The van der Waals surface area contributed by atoms with Crippen molar-refractivity contribution in [3.63, 3.8) is 0 Å². The molecule has 0 N–H and O–H groups in total. The van der Waals surface area contributed by atoms with Crippen LogP contribution < -0.4 is 9.64 Å². The van der Waals surface area contributed by atoms with Crippen molar-refractivity contribution < 1.29 is 9.53 Å². The van der Waals surface area contributed by atoms with Crippen LogP contribution in [0.25, 0.3) is 5.69 Å². The number of aromatic nitrogens is 2. The highest BCUT2D eigenvalue weighted by Gasteiger charge is 2.22. The van der Waals surface area contributed by atoms with E-state index in [-0.39, 0.29) is 11.8 Å². The molecule has 0 saturated heterocycles. The van der Waals surface area contributed by atoms with Gasteiger partial charge < -0.3 is 14.2 Å². The minimum atomic E-state index is -0.268. The Morgan fingerprint density at radius 3 is 2.57 bits per heavy atom. The summed E-state index contributed by atoms with van der Waals surface area (Å²) in [5.41, 5.74) is 1.93. The molecule has 150 valence electrons. The number of nitrogens with zero attached hydrogens (tertiary/aromatic N) is 3. The van der Waals surface area contributed by atoms with Crippen LogP contribution in [0.3, 0.4) is 0 Å². The minimum absolute atomic E-state index is 0.150. The van der Waals surface area contributed by atoms with E-state index in [0.717, 1.165) is 11.4 Å². The van der Waals surface area contributed by atoms with E-state index in [1.165, 1.54) is 0 Å². The Bertz CT molecular complexity index is 1190. The molecule has 0 unspecified atom stereocenters. The molecule has 5 nitrogen and oxygen atoms in total. The molecule has 0 aliphatic rings. The molecule has 0 aliphatic heterocycles. The molecule has 0 atom stereocenters. The van der Waals surface area contributed by atoms with E-state index < -0.39 is 0 Å². The Morgan fingerprint density at radius 1 is 1.00 bits per heavy atom. The van der Waals surface area contributed by atoms with Gasteiger partial charge in [0, 0.05) is 36.7 Å². The molecule has 0 bridgehead atoms. The van der Waals surface area contributed by atoms with Gasteiger partial charge in [0.15, 0.2) is 0 Å². The summed E-state index contributed by atoms with van der Waals surface area (Å²) in [6.45, 7) is 0. The summed E-state index contributed by atoms with van der Waals surface area (Å²) in [4.78, 5) is 19.2. The first-order valence-corrected chi connectivity index (χ1v) is 9.88. The largest absolute Gasteiger partial charge is 0.437 e. The summed E-state index contributed by atoms with van der Waals surface area (Å²) in [6, 6.07) is 19.7. The van der Waals surface area contributed by atoms with Crippen molar-refractivity contribution in [2.24, 2.45) is 0 Å². The van der Waals surface area contributed by atoms with Crippen molar-refractivity contribution in [1.29, 1.82) is 0 Å². The van der Waals surface area contributed by atoms with Gasteiger partial charge in [-0.3, -0.25) is 4.79 Å². The molecule has 0 radical (unpaired) electrons. The average molecular weight is 438 g/mol. The van der Waals surface area contributed by atoms with Crippen molar-refractivity contribution in [3.8, 4) is 17.3 Å². The van der Waals surface area contributed by atoms with Crippen molar-refractivity contribution in [3.05, 3.63) is 101 Å². The highest BCUT2D eigenvalue weighted by Crippen LogP contribution is 2.33. The normalized spacial score (nSPS) is 10.6. The predicted octanol–water partition coefficient (Wildman–Crippen LogP) is 6.25. The Balaban J connectivity index is 1.69. The van der Waals surface area contributed by atoms with E-state index in [1.54, 1.807) is 48.5 Å². The minimum Gasteiger partial charge on any atom is -0.437 e. The van der Waals surface area contributed by atoms with Gasteiger partial charge in [-0.1, -0.05) is 35.3 Å². The molecule has 0 spiro atoms. The number of rotatable bonds is 5. The van der Waals surface area contributed by atoms with Crippen molar-refractivity contribution in [2.75, 3.05) is 11.9 Å². The van der Waals surface area contributed by atoms with E-state index >= 15 is 0 Å². The number of pyridine rings is 1. The van der Waals surface area contributed by atoms with Crippen LogP contribution in [-0.4, -0.2) is 22.5 Å². The molecule has 2 aromatic heterocycles. The summed E-state index contributed by atoms with van der Waals surface area (Å²) < 4.78 is 7.80. The molecule has 30 heavy (non-hydrogen) atoms. The van der Waals surface area contributed by atoms with Gasteiger partial charge in [-0.2, -0.15) is 0 Å². The lowest BCUT2D eigenvalue weighted by Gasteiger charge is -2.22. The van der Waals surface area contributed by atoms with Crippen LogP contribution in [0.5, 0.6) is 11.6 Å². The number of anilines is 1. The van der Waals surface area contributed by atoms with E-state index in [2.05, 4.69) is 4.98 Å². The standard InChI is InChI=1S/C23H17Cl2N3O2/c1-27(19-8-2-3-9-20(19)28-13-4-5-14-28)23(29)17-7-6-12-26-22(17)30-21-15-16(24)10-11-18(21)25/h2-15H,1H3. The fourth-order valence-electron chi connectivity index (χ4n) is 3.05. The monoisotopic (exact) mass is 437 g/mol. The Hall–Kier alpha value is -3.28. The second-order valence-corrected chi connectivity index (χ2v) is 7.32. The number of carbonyl (C=O) groups excluding carboxylic acids is 1. The number of halogens is 2. The highest BCUT2D eigenvalue weighted by molar-refractivity contribution is 6.34. The molecule has 7 heteroatoms. The number of para-hydroxylation sites is 2. The van der Waals surface area contributed by atoms with Gasteiger partial charge in [0.1, 0.15) is 11.3 Å². The lowest BCUT2D eigenvalue weighted by Crippen LogP contribution is -2.27. The molecule has 2 aromatic carbocycles. The second kappa shape index (κ2) is 8.61. The van der Waals surface area contributed by atoms with Crippen LogP contribution >= 0.6 is 23.2 Å². The molecule has 2 heterocycles. The van der Waals surface area contributed by atoms with E-state index in [9.17, 15) is 4.79 Å². The summed E-state index contributed by atoms with van der Waals surface area (Å²) in [5, 5.41) is 0.839. The van der Waals surface area contributed by atoms with Crippen molar-refractivity contribution >= 4 is 34.8 Å². The van der Waals surface area contributed by atoms with Crippen LogP contribution in [0.4, 0.5) is 5.69 Å². The summed E-state index contributed by atoms with van der Waals surface area (Å²) in [6.07, 6.45) is 5.41. The zero-order valence-electron chi connectivity index (χ0n) is 16.0. The van der Waals surface area contributed by atoms with Gasteiger partial charge in [0.2, 0.25) is 5.88 Å². The van der Waals surface area contributed by atoms with Crippen LogP contribution in [0.15, 0.2) is 85.3 Å². The van der Waals surface area contributed by atoms with Crippen LogP contribution in [0.2, 0.25) is 10.0 Å². The van der Waals surface area contributed by atoms with Crippen LogP contribution in [0, 0.1) is 0 Å². The molecular weight excluding hydrogens is 421 g/mol. The first-order chi connectivity index (χ1) is 14.5. The third-order valence-electron chi connectivity index (χ3n) is 4.53. The maximum absolute atomic E-state index is 13.4. The SMILES string of the molecule is CN(C(=O)c1cccnc1Oc1cc(Cl)ccc1Cl)c1ccccc1-n1cccc1. The first kappa shape index (κ1) is 20.0. The molecule has 1 amide bonds. The number of benzene rings is 2. The number of hydrogen-bond acceptors (Lipinski definition) is 3. The zero-order valence-corrected chi connectivity index (χ0v) is 17.5. The molecular formula is C23H17Cl2N3O2. The second-order valence-electron chi connectivity index (χ2n) is 6.48. The quantitative estimate of drug-likeness (QED) is 0.370. The fourth-order valence-corrected chi connectivity index (χ4v) is 3.36. The molecule has 0 aliphatic carbocycles. The fraction of sp³-hybridized carbons (Fsp3) is 0.0435. The number of carbonyl (C=O) groups is 1. The topological polar surface area (TPSA) is 47.4 Å².